The molecule has 7 fully saturated rings. The van der Waals surface area contributed by atoms with Gasteiger partial charge in [0.05, 0.1) is 17.1 Å². The quantitative estimate of drug-likeness (QED) is 0.351. The summed E-state index contributed by atoms with van der Waals surface area (Å²) >= 11 is 0. The molecule has 0 spiro atoms. The first-order valence-electron chi connectivity index (χ1n) is 12.9. The predicted molar refractivity (Wildman–Crippen MR) is 117 cm³/mol. The predicted octanol–water partition coefficient (Wildman–Crippen LogP) is 2.72. The molecule has 0 aromatic carbocycles. The van der Waals surface area contributed by atoms with E-state index in [-0.39, 0.29) is 48.3 Å². The fraction of sp³-hybridized carbons (Fsp3) is 0.917. The second-order valence-corrected chi connectivity index (χ2v) is 13.4. The third-order valence-electron chi connectivity index (χ3n) is 10.1. The summed E-state index contributed by atoms with van der Waals surface area (Å²) in [6, 6.07) is 0. The van der Waals surface area contributed by atoms with Crippen LogP contribution in [0.1, 0.15) is 58.3 Å². The van der Waals surface area contributed by atoms with Crippen LogP contribution in [-0.2, 0) is 38.7 Å². The Kier molecular flexibility index (Phi) is 5.59. The second kappa shape index (κ2) is 8.07. The molecule has 6 aliphatic carbocycles. The minimum absolute atomic E-state index is 0.0586. The number of esters is 2. The molecule has 12 heteroatoms. The van der Waals surface area contributed by atoms with E-state index >= 15 is 0 Å². The Labute approximate surface area is 208 Å². The van der Waals surface area contributed by atoms with Gasteiger partial charge in [0, 0.05) is 11.8 Å². The fourth-order valence-electron chi connectivity index (χ4n) is 8.83. The van der Waals surface area contributed by atoms with Gasteiger partial charge in [-0.15, -0.1) is 0 Å². The molecule has 1 heterocycles. The monoisotopic (exact) mass is 534 g/mol. The van der Waals surface area contributed by atoms with Crippen LogP contribution in [-0.4, -0.2) is 66.8 Å². The van der Waals surface area contributed by atoms with E-state index in [1.807, 2.05) is 6.92 Å². The number of rotatable bonds is 9. The van der Waals surface area contributed by atoms with E-state index < -0.39 is 45.3 Å². The number of hydrogen-bond acceptors (Lipinski definition) is 8. The summed E-state index contributed by atoms with van der Waals surface area (Å²) in [5.41, 5.74) is -1.51. The van der Waals surface area contributed by atoms with Crippen LogP contribution in [0.2, 0.25) is 0 Å². The van der Waals surface area contributed by atoms with Gasteiger partial charge in [0.15, 0.2) is 0 Å². The molecular weight excluding hydrogens is 502 g/mol. The lowest BCUT2D eigenvalue weighted by atomic mass is 9.47. The minimum atomic E-state index is -5.58. The number of carbonyl (C=O) groups is 2. The Morgan fingerprint density at radius 1 is 1.14 bits per heavy atom. The van der Waals surface area contributed by atoms with Gasteiger partial charge in [0.1, 0.15) is 25.4 Å². The molecule has 7 atom stereocenters. The number of halogens is 2. The number of alkyl halides is 2. The highest BCUT2D eigenvalue weighted by Gasteiger charge is 2.65. The highest BCUT2D eigenvalue weighted by molar-refractivity contribution is 7.86. The van der Waals surface area contributed by atoms with E-state index in [0.717, 1.165) is 25.7 Å². The molecule has 0 aromatic heterocycles. The third kappa shape index (κ3) is 3.65. The third-order valence-corrected chi connectivity index (χ3v) is 11.0. The Balaban J connectivity index is 1.10. The van der Waals surface area contributed by atoms with E-state index in [1.165, 1.54) is 0 Å². The minimum Gasteiger partial charge on any atom is -0.458 e. The molecule has 6 saturated carbocycles. The summed E-state index contributed by atoms with van der Waals surface area (Å²) in [5, 5.41) is -4.38. The first kappa shape index (κ1) is 24.9. The van der Waals surface area contributed by atoms with Crippen molar-refractivity contribution in [2.24, 2.45) is 35.5 Å². The Hall–Kier alpha value is -1.37. The zero-order chi connectivity index (χ0) is 25.7. The summed E-state index contributed by atoms with van der Waals surface area (Å²) in [5.74, 6) is -0.394. The van der Waals surface area contributed by atoms with Crippen LogP contribution in [0.3, 0.4) is 0 Å². The molecule has 1 N–H and O–H groups in total. The molecule has 7 rings (SSSR count). The largest absolute Gasteiger partial charge is 0.458 e. The van der Waals surface area contributed by atoms with Crippen LogP contribution in [0.4, 0.5) is 8.78 Å². The Bertz CT molecular complexity index is 1050. The van der Waals surface area contributed by atoms with Crippen LogP contribution >= 0.6 is 0 Å². The van der Waals surface area contributed by atoms with Crippen LogP contribution in [0.25, 0.3) is 0 Å². The highest BCUT2D eigenvalue weighted by Crippen LogP contribution is 2.63. The van der Waals surface area contributed by atoms with Crippen molar-refractivity contribution in [2.75, 3.05) is 13.2 Å². The molecule has 0 amide bonds. The van der Waals surface area contributed by atoms with Gasteiger partial charge in [-0.3, -0.25) is 9.35 Å². The van der Waals surface area contributed by atoms with Gasteiger partial charge in [-0.2, -0.15) is 17.2 Å². The smallest absolute Gasteiger partial charge is 0.392 e. The lowest BCUT2D eigenvalue weighted by molar-refractivity contribution is -0.268. The van der Waals surface area contributed by atoms with Gasteiger partial charge in [-0.05, 0) is 69.1 Å². The van der Waals surface area contributed by atoms with Crippen molar-refractivity contribution < 1.29 is 50.3 Å². The molecular formula is C24H32F2O9S. The van der Waals surface area contributed by atoms with Gasteiger partial charge in [-0.25, -0.2) is 4.79 Å². The molecule has 0 aromatic rings. The maximum Gasteiger partial charge on any atom is 0.392 e. The van der Waals surface area contributed by atoms with Crippen LogP contribution in [0.5, 0.6) is 0 Å². The highest BCUT2D eigenvalue weighted by atomic mass is 32.2. The zero-order valence-corrected chi connectivity index (χ0v) is 20.9. The number of hydrogen-bond donors (Lipinski definition) is 1. The average Bonchev–Trinajstić information content (AvgIpc) is 3.42. The molecule has 7 aliphatic rings. The first-order chi connectivity index (χ1) is 16.9. The van der Waals surface area contributed by atoms with E-state index in [0.29, 0.717) is 31.6 Å². The molecule has 1 saturated heterocycles. The van der Waals surface area contributed by atoms with Crippen molar-refractivity contribution in [3.05, 3.63) is 0 Å². The normalized spacial score (nSPS) is 46.4. The van der Waals surface area contributed by atoms with Crippen molar-refractivity contribution in [1.29, 1.82) is 0 Å². The Morgan fingerprint density at radius 3 is 2.47 bits per heavy atom. The van der Waals surface area contributed by atoms with E-state index in [4.69, 9.17) is 23.5 Å². The summed E-state index contributed by atoms with van der Waals surface area (Å²) < 4.78 is 82.1. The maximum atomic E-state index is 14.0. The number of ether oxygens (including phenoxy) is 4. The molecule has 6 bridgehead atoms. The molecule has 7 unspecified atom stereocenters. The van der Waals surface area contributed by atoms with Crippen molar-refractivity contribution in [3.63, 3.8) is 0 Å². The summed E-state index contributed by atoms with van der Waals surface area (Å²) in [7, 11) is -5.58. The van der Waals surface area contributed by atoms with Gasteiger partial charge in [0.2, 0.25) is 0 Å². The van der Waals surface area contributed by atoms with E-state index in [2.05, 4.69) is 0 Å². The van der Waals surface area contributed by atoms with E-state index in [9.17, 15) is 26.8 Å². The summed E-state index contributed by atoms with van der Waals surface area (Å²) in [6.07, 6.45) is 4.53. The molecule has 1 aliphatic heterocycles. The SMILES string of the molecule is CCC1(OCC(F)(F)S(=O)(=O)O)C2CC3CC1CC(OCC(=O)OC1C4CC5C(=O)OC1C5C4)(C3)C2. The topological polar surface area (TPSA) is 125 Å². The van der Waals surface area contributed by atoms with Crippen LogP contribution in [0.15, 0.2) is 0 Å². The molecule has 36 heavy (non-hydrogen) atoms. The van der Waals surface area contributed by atoms with Crippen molar-refractivity contribution in [3.8, 4) is 0 Å². The summed E-state index contributed by atoms with van der Waals surface area (Å²) in [6.45, 7) is 0.215. The van der Waals surface area contributed by atoms with Gasteiger partial charge in [0.25, 0.3) is 0 Å². The summed E-state index contributed by atoms with van der Waals surface area (Å²) in [4.78, 5) is 24.7. The second-order valence-electron chi connectivity index (χ2n) is 11.9. The van der Waals surface area contributed by atoms with Crippen molar-refractivity contribution in [1.82, 2.24) is 0 Å². The fourth-order valence-corrected chi connectivity index (χ4v) is 9.04. The van der Waals surface area contributed by atoms with Crippen molar-refractivity contribution in [2.45, 2.75) is 87.0 Å². The van der Waals surface area contributed by atoms with Crippen LogP contribution < -0.4 is 0 Å². The average molecular weight is 535 g/mol. The lowest BCUT2D eigenvalue weighted by Gasteiger charge is -2.64. The molecule has 9 nitrogen and oxygen atoms in total. The lowest BCUT2D eigenvalue weighted by Crippen LogP contribution is -2.65. The number of carbonyl (C=O) groups excluding carboxylic acids is 2. The van der Waals surface area contributed by atoms with Gasteiger partial charge >= 0.3 is 27.3 Å². The first-order valence-corrected chi connectivity index (χ1v) is 14.3. The zero-order valence-electron chi connectivity index (χ0n) is 20.1. The Morgan fingerprint density at radius 2 is 1.83 bits per heavy atom. The number of fused-ring (bicyclic) bond motifs is 1. The van der Waals surface area contributed by atoms with Crippen molar-refractivity contribution >= 4 is 22.1 Å². The van der Waals surface area contributed by atoms with Crippen LogP contribution in [0, 0.1) is 35.5 Å². The van der Waals surface area contributed by atoms with Gasteiger partial charge < -0.3 is 18.9 Å². The molecule has 0 radical (unpaired) electrons. The van der Waals surface area contributed by atoms with Gasteiger partial charge in [-0.1, -0.05) is 6.92 Å². The molecule has 202 valence electrons. The maximum absolute atomic E-state index is 14.0. The van der Waals surface area contributed by atoms with E-state index in [1.54, 1.807) is 0 Å². The standard InChI is InChI=1S/C24H32F2O9S/c1-2-23(33-11-24(25,26)36(29,30)31)14-3-12-4-15(23)9-22(7-12,8-14)32-10-18(27)34-19-13-5-16-17(6-13)21(28)35-20(16)19/h12-17,19-20H,2-11H2,1H3,(H,29,30,31).